The number of carboxylic acids is 1. The summed E-state index contributed by atoms with van der Waals surface area (Å²) in [6, 6.07) is 5.19. The Morgan fingerprint density at radius 1 is 0.933 bits per heavy atom. The van der Waals surface area contributed by atoms with Crippen LogP contribution in [0.3, 0.4) is 0 Å². The summed E-state index contributed by atoms with van der Waals surface area (Å²) >= 11 is 0. The third-order valence-electron chi connectivity index (χ3n) is 7.68. The summed E-state index contributed by atoms with van der Waals surface area (Å²) < 4.78 is 17.1. The van der Waals surface area contributed by atoms with E-state index in [4.69, 9.17) is 14.2 Å². The fourth-order valence-electron chi connectivity index (χ4n) is 4.96. The molecular formula is C32H43NO12. The van der Waals surface area contributed by atoms with E-state index in [2.05, 4.69) is 0 Å². The molecule has 2 aliphatic rings. The van der Waals surface area contributed by atoms with E-state index < -0.39 is 59.5 Å². The van der Waals surface area contributed by atoms with Gasteiger partial charge >= 0.3 is 11.9 Å². The van der Waals surface area contributed by atoms with Crippen molar-refractivity contribution in [2.75, 3.05) is 19.8 Å². The highest BCUT2D eigenvalue weighted by Crippen LogP contribution is 2.32. The Morgan fingerprint density at radius 2 is 1.60 bits per heavy atom. The number of aliphatic carboxylic acids is 1. The van der Waals surface area contributed by atoms with Crippen LogP contribution in [0.4, 0.5) is 0 Å². The number of carbonyl (C=O) groups excluding carboxylic acids is 4. The molecule has 0 saturated heterocycles. The van der Waals surface area contributed by atoms with Crippen molar-refractivity contribution in [3.05, 3.63) is 41.5 Å². The molecule has 1 aliphatic carbocycles. The number of carbonyl (C=O) groups is 5. The highest BCUT2D eigenvalue weighted by molar-refractivity contribution is 6.13. The molecule has 0 bridgehead atoms. The summed E-state index contributed by atoms with van der Waals surface area (Å²) in [6.07, 6.45) is -1.76. The molecule has 1 fully saturated rings. The highest BCUT2D eigenvalue weighted by Gasteiger charge is 2.47. The Kier molecular flexibility index (Phi) is 12.8. The second-order valence-electron chi connectivity index (χ2n) is 12.3. The molecule has 5 atom stereocenters. The second-order valence-corrected chi connectivity index (χ2v) is 12.3. The molecule has 248 valence electrons. The minimum atomic E-state index is -1.71. The van der Waals surface area contributed by atoms with Crippen molar-refractivity contribution in [3.8, 4) is 5.75 Å². The molecule has 13 heteroatoms. The monoisotopic (exact) mass is 633 g/mol. The largest absolute Gasteiger partial charge is 0.487 e. The van der Waals surface area contributed by atoms with Gasteiger partial charge in [-0.3, -0.25) is 28.9 Å². The normalized spacial score (nSPS) is 23.3. The summed E-state index contributed by atoms with van der Waals surface area (Å²) in [4.78, 5) is 60.3. The van der Waals surface area contributed by atoms with Crippen LogP contribution in [0.1, 0.15) is 64.0 Å². The van der Waals surface area contributed by atoms with Crippen LogP contribution >= 0.6 is 0 Å². The topological polar surface area (TPSA) is 197 Å². The van der Waals surface area contributed by atoms with Crippen LogP contribution in [0.2, 0.25) is 0 Å². The number of carboxylic acid groups (broad SMARTS) is 1. The lowest BCUT2D eigenvalue weighted by Gasteiger charge is -2.38. The van der Waals surface area contributed by atoms with E-state index >= 15 is 0 Å². The van der Waals surface area contributed by atoms with Gasteiger partial charge in [0.05, 0.1) is 17.4 Å². The zero-order valence-electron chi connectivity index (χ0n) is 25.8. The van der Waals surface area contributed by atoms with E-state index in [-0.39, 0.29) is 43.9 Å². The third kappa shape index (κ3) is 10.2. The van der Waals surface area contributed by atoms with Gasteiger partial charge in [-0.05, 0) is 57.7 Å². The molecule has 0 spiro atoms. The zero-order chi connectivity index (χ0) is 33.3. The molecular weight excluding hydrogens is 590 g/mol. The van der Waals surface area contributed by atoms with Crippen molar-refractivity contribution in [3.63, 3.8) is 0 Å². The summed E-state index contributed by atoms with van der Waals surface area (Å²) in [6.45, 7) is 5.87. The molecule has 13 nitrogen and oxygen atoms in total. The van der Waals surface area contributed by atoms with Gasteiger partial charge in [0.1, 0.15) is 36.5 Å². The quantitative estimate of drug-likeness (QED) is 0.116. The van der Waals surface area contributed by atoms with Crippen LogP contribution in [-0.2, 0) is 46.5 Å². The van der Waals surface area contributed by atoms with Crippen molar-refractivity contribution in [2.45, 2.75) is 90.3 Å². The number of rotatable bonds is 16. The molecule has 2 amide bonds. The van der Waals surface area contributed by atoms with Crippen molar-refractivity contribution >= 4 is 29.5 Å². The maximum atomic E-state index is 12.4. The Balaban J connectivity index is 1.51. The second kappa shape index (κ2) is 16.1. The lowest BCUT2D eigenvalue weighted by molar-refractivity contribution is -0.175. The van der Waals surface area contributed by atoms with Gasteiger partial charge in [0.15, 0.2) is 0 Å². The molecule has 1 heterocycles. The molecule has 4 N–H and O–H groups in total. The van der Waals surface area contributed by atoms with Gasteiger partial charge in [0.2, 0.25) is 0 Å². The zero-order valence-corrected chi connectivity index (χ0v) is 25.8. The van der Waals surface area contributed by atoms with Gasteiger partial charge < -0.3 is 34.6 Å². The Hall–Kier alpha value is -3.65. The molecule has 1 aliphatic heterocycles. The van der Waals surface area contributed by atoms with Gasteiger partial charge in [-0.2, -0.15) is 0 Å². The average molecular weight is 634 g/mol. The van der Waals surface area contributed by atoms with Crippen LogP contribution in [0.15, 0.2) is 30.4 Å². The van der Waals surface area contributed by atoms with Crippen LogP contribution in [-0.4, -0.2) is 99.0 Å². The standard InChI is InChI=1S/C32H43NO12/c1-32(2,3)31(42)44-18-20-16-19(8-9-23(20)45-24-17-22(30(40)41)27(37)29(39)28(24)38)6-4-14-43-15-5-7-21(34)12-13-33-25(35)10-11-26(33)36/h8-11,16,22,24,27-29,37-39H,4-7,12-15,17-18H2,1-3H3,(H,40,41)/t22-,24+,27+,28-,29-/m0/s1. The fraction of sp³-hybridized carbons (Fsp3) is 0.594. The number of amides is 2. The Labute approximate surface area is 261 Å². The minimum absolute atomic E-state index is 0.0574. The predicted octanol–water partition coefficient (Wildman–Crippen LogP) is 1.32. The van der Waals surface area contributed by atoms with E-state index in [0.29, 0.717) is 38.0 Å². The minimum Gasteiger partial charge on any atom is -0.487 e. The van der Waals surface area contributed by atoms with Gasteiger partial charge in [-0.1, -0.05) is 6.07 Å². The number of benzene rings is 1. The molecule has 1 saturated carbocycles. The summed E-state index contributed by atoms with van der Waals surface area (Å²) in [5.41, 5.74) is 0.613. The molecule has 1 aromatic carbocycles. The number of aryl methyl sites for hydroxylation is 1. The number of aliphatic hydroxyl groups is 3. The number of aliphatic hydroxyl groups excluding tert-OH is 3. The SMILES string of the molecule is CC(C)(C)C(=O)OCc1cc(CCCOCCCC(=O)CCN2C(=O)C=CC2=O)ccc1O[C@@H]1C[C@H](C(=O)O)[C@@H](O)[C@H](O)[C@H]1O. The number of hydrogen-bond acceptors (Lipinski definition) is 11. The Morgan fingerprint density at radius 3 is 2.24 bits per heavy atom. The third-order valence-corrected chi connectivity index (χ3v) is 7.68. The van der Waals surface area contributed by atoms with Crippen molar-refractivity contribution in [1.29, 1.82) is 0 Å². The number of hydrogen-bond donors (Lipinski definition) is 4. The van der Waals surface area contributed by atoms with Gasteiger partial charge in [-0.15, -0.1) is 0 Å². The lowest BCUT2D eigenvalue weighted by atomic mass is 9.80. The number of ketones is 1. The summed E-state index contributed by atoms with van der Waals surface area (Å²) in [7, 11) is 0. The fourth-order valence-corrected chi connectivity index (χ4v) is 4.96. The molecule has 0 aromatic heterocycles. The number of Topliss-reactive ketones (excluding diaryl/α,β-unsaturated/α-hetero) is 1. The average Bonchev–Trinajstić information content (AvgIpc) is 3.30. The van der Waals surface area contributed by atoms with Crippen molar-refractivity contribution < 1.29 is 58.6 Å². The number of imide groups is 1. The van der Waals surface area contributed by atoms with E-state index in [9.17, 15) is 44.4 Å². The van der Waals surface area contributed by atoms with E-state index in [0.717, 1.165) is 10.5 Å². The summed E-state index contributed by atoms with van der Waals surface area (Å²) in [5, 5.41) is 40.2. The first-order chi connectivity index (χ1) is 21.2. The van der Waals surface area contributed by atoms with E-state index in [1.54, 1.807) is 39.0 Å². The first-order valence-electron chi connectivity index (χ1n) is 15.0. The number of esters is 1. The van der Waals surface area contributed by atoms with Crippen molar-refractivity contribution in [2.24, 2.45) is 11.3 Å². The highest BCUT2D eigenvalue weighted by atomic mass is 16.5. The molecule has 3 rings (SSSR count). The van der Waals surface area contributed by atoms with Crippen LogP contribution in [0.25, 0.3) is 0 Å². The van der Waals surface area contributed by atoms with Crippen LogP contribution in [0, 0.1) is 11.3 Å². The van der Waals surface area contributed by atoms with Crippen LogP contribution in [0.5, 0.6) is 5.75 Å². The molecule has 45 heavy (non-hydrogen) atoms. The first-order valence-corrected chi connectivity index (χ1v) is 15.0. The van der Waals surface area contributed by atoms with Crippen molar-refractivity contribution in [1.82, 2.24) is 4.90 Å². The molecule has 0 radical (unpaired) electrons. The number of ether oxygens (including phenoxy) is 3. The predicted molar refractivity (Wildman–Crippen MR) is 158 cm³/mol. The Bertz CT molecular complexity index is 1250. The van der Waals surface area contributed by atoms with Gasteiger partial charge in [0, 0.05) is 56.7 Å². The van der Waals surface area contributed by atoms with Gasteiger partial charge in [-0.25, -0.2) is 0 Å². The lowest BCUT2D eigenvalue weighted by Crippen LogP contribution is -2.57. The maximum absolute atomic E-state index is 12.4. The maximum Gasteiger partial charge on any atom is 0.311 e. The molecule has 0 unspecified atom stereocenters. The van der Waals surface area contributed by atoms with Crippen LogP contribution < -0.4 is 4.74 Å². The van der Waals surface area contributed by atoms with Gasteiger partial charge in [0.25, 0.3) is 11.8 Å². The number of nitrogens with zero attached hydrogens (tertiary/aromatic N) is 1. The van der Waals surface area contributed by atoms with E-state index in [1.165, 1.54) is 12.2 Å². The summed E-state index contributed by atoms with van der Waals surface area (Å²) in [5.74, 6) is -3.73. The molecule has 1 aromatic rings. The smallest absolute Gasteiger partial charge is 0.311 e. The first kappa shape index (κ1) is 35.8. The van der Waals surface area contributed by atoms with E-state index in [1.807, 2.05) is 0 Å².